The first kappa shape index (κ1) is 18.3. The van der Waals surface area contributed by atoms with Gasteiger partial charge in [-0.05, 0) is 29.2 Å². The van der Waals surface area contributed by atoms with Crippen molar-refractivity contribution in [1.82, 2.24) is 15.0 Å². The number of fused-ring (bicyclic) bond motifs is 2. The van der Waals surface area contributed by atoms with Gasteiger partial charge in [0.05, 0.1) is 18.0 Å². The summed E-state index contributed by atoms with van der Waals surface area (Å²) >= 11 is 0. The number of nitrogens with zero attached hydrogens (tertiary/aromatic N) is 3. The Labute approximate surface area is 163 Å². The van der Waals surface area contributed by atoms with Crippen LogP contribution in [-0.2, 0) is 13.0 Å². The van der Waals surface area contributed by atoms with Crippen LogP contribution in [0.5, 0.6) is 5.75 Å². The van der Waals surface area contributed by atoms with Gasteiger partial charge in [0.2, 0.25) is 5.95 Å². The molecular formula is C21H25N5O2. The first-order valence-electron chi connectivity index (χ1n) is 9.53. The Balaban J connectivity index is 1.76. The maximum absolute atomic E-state index is 12.9. The minimum absolute atomic E-state index is 0.110. The lowest BCUT2D eigenvalue weighted by atomic mass is 9.98. The van der Waals surface area contributed by atoms with Crippen LogP contribution >= 0.6 is 0 Å². The van der Waals surface area contributed by atoms with Gasteiger partial charge < -0.3 is 15.0 Å². The highest BCUT2D eigenvalue weighted by atomic mass is 16.5. The van der Waals surface area contributed by atoms with Gasteiger partial charge >= 0.3 is 0 Å². The third-order valence-corrected chi connectivity index (χ3v) is 5.26. The van der Waals surface area contributed by atoms with Crippen LogP contribution in [0.1, 0.15) is 36.6 Å². The number of aromatic nitrogens is 3. The highest BCUT2D eigenvalue weighted by molar-refractivity contribution is 5.84. The number of pyridine rings is 1. The van der Waals surface area contributed by atoms with Crippen LogP contribution in [0.2, 0.25) is 0 Å². The van der Waals surface area contributed by atoms with Crippen molar-refractivity contribution in [2.75, 3.05) is 30.9 Å². The summed E-state index contributed by atoms with van der Waals surface area (Å²) in [6.07, 6.45) is 0.807. The van der Waals surface area contributed by atoms with Crippen molar-refractivity contribution in [3.05, 3.63) is 51.4 Å². The largest absolute Gasteiger partial charge is 0.497 e. The Morgan fingerprint density at radius 2 is 2.07 bits per heavy atom. The molecule has 146 valence electrons. The van der Waals surface area contributed by atoms with Crippen LogP contribution in [0.3, 0.4) is 0 Å². The summed E-state index contributed by atoms with van der Waals surface area (Å²) in [6.45, 7) is 5.55. The smallest absolute Gasteiger partial charge is 0.260 e. The molecule has 0 radical (unpaired) electrons. The topological polar surface area (TPSA) is 83.1 Å². The van der Waals surface area contributed by atoms with Crippen molar-refractivity contribution < 1.29 is 4.74 Å². The SMILES string of the molecule is CNc1ccc2c(n1)CCN(c1nc3cc(OC)cc(C(C)C)c3c(=O)[nH]1)C2. The average Bonchev–Trinajstić information content (AvgIpc) is 2.71. The van der Waals surface area contributed by atoms with Crippen molar-refractivity contribution in [3.8, 4) is 5.75 Å². The fourth-order valence-corrected chi connectivity index (χ4v) is 3.72. The molecule has 0 saturated carbocycles. The Morgan fingerprint density at radius 3 is 2.79 bits per heavy atom. The van der Waals surface area contributed by atoms with Crippen LogP contribution in [0, 0.1) is 0 Å². The van der Waals surface area contributed by atoms with Crippen molar-refractivity contribution >= 4 is 22.7 Å². The van der Waals surface area contributed by atoms with E-state index in [1.165, 1.54) is 0 Å². The van der Waals surface area contributed by atoms with E-state index in [9.17, 15) is 4.79 Å². The molecule has 3 heterocycles. The van der Waals surface area contributed by atoms with Gasteiger partial charge in [0.1, 0.15) is 11.6 Å². The van der Waals surface area contributed by atoms with E-state index in [1.54, 1.807) is 7.11 Å². The minimum atomic E-state index is -0.110. The number of aromatic amines is 1. The van der Waals surface area contributed by atoms with E-state index in [0.717, 1.165) is 35.6 Å². The molecule has 28 heavy (non-hydrogen) atoms. The molecule has 1 aromatic carbocycles. The second kappa shape index (κ2) is 7.14. The maximum atomic E-state index is 12.9. The number of hydrogen-bond donors (Lipinski definition) is 2. The first-order valence-corrected chi connectivity index (χ1v) is 9.53. The van der Waals surface area contributed by atoms with Gasteiger partial charge in [0.15, 0.2) is 0 Å². The molecule has 2 aromatic heterocycles. The summed E-state index contributed by atoms with van der Waals surface area (Å²) in [5, 5.41) is 3.71. The zero-order chi connectivity index (χ0) is 19.8. The highest BCUT2D eigenvalue weighted by Crippen LogP contribution is 2.29. The predicted octanol–water partition coefficient (Wildman–Crippen LogP) is 3.05. The van der Waals surface area contributed by atoms with Crippen LogP contribution < -0.4 is 20.5 Å². The van der Waals surface area contributed by atoms with Crippen LogP contribution in [-0.4, -0.2) is 35.7 Å². The van der Waals surface area contributed by atoms with Crippen molar-refractivity contribution in [2.24, 2.45) is 0 Å². The molecular weight excluding hydrogens is 354 g/mol. The number of H-pyrrole nitrogens is 1. The highest BCUT2D eigenvalue weighted by Gasteiger charge is 2.21. The summed E-state index contributed by atoms with van der Waals surface area (Å²) in [5.74, 6) is 2.37. The molecule has 1 aliphatic heterocycles. The molecule has 0 bridgehead atoms. The van der Waals surface area contributed by atoms with E-state index in [-0.39, 0.29) is 11.5 Å². The lowest BCUT2D eigenvalue weighted by Gasteiger charge is -2.29. The molecule has 7 heteroatoms. The van der Waals surface area contributed by atoms with E-state index in [4.69, 9.17) is 9.72 Å². The van der Waals surface area contributed by atoms with Crippen molar-refractivity contribution in [2.45, 2.75) is 32.7 Å². The first-order chi connectivity index (χ1) is 13.5. The molecule has 2 N–H and O–H groups in total. The van der Waals surface area contributed by atoms with Gasteiger partial charge in [-0.25, -0.2) is 9.97 Å². The number of rotatable bonds is 4. The average molecular weight is 379 g/mol. The molecule has 0 spiro atoms. The monoisotopic (exact) mass is 379 g/mol. The van der Waals surface area contributed by atoms with Crippen molar-refractivity contribution in [1.29, 1.82) is 0 Å². The van der Waals surface area contributed by atoms with E-state index < -0.39 is 0 Å². The zero-order valence-electron chi connectivity index (χ0n) is 16.7. The quantitative estimate of drug-likeness (QED) is 0.725. The van der Waals surface area contributed by atoms with Gasteiger partial charge in [-0.3, -0.25) is 9.78 Å². The van der Waals surface area contributed by atoms with Crippen LogP contribution in [0.4, 0.5) is 11.8 Å². The van der Waals surface area contributed by atoms with E-state index >= 15 is 0 Å². The summed E-state index contributed by atoms with van der Waals surface area (Å²) in [4.78, 5) is 27.4. The molecule has 0 unspecified atom stereocenters. The van der Waals surface area contributed by atoms with Gasteiger partial charge in [-0.15, -0.1) is 0 Å². The molecule has 1 aliphatic rings. The predicted molar refractivity (Wildman–Crippen MR) is 112 cm³/mol. The third kappa shape index (κ3) is 3.17. The molecule has 4 rings (SSSR count). The molecule has 0 fully saturated rings. The second-order valence-corrected chi connectivity index (χ2v) is 7.38. The van der Waals surface area contributed by atoms with Crippen LogP contribution in [0.15, 0.2) is 29.1 Å². The number of methoxy groups -OCH3 is 1. The van der Waals surface area contributed by atoms with Gasteiger partial charge in [-0.1, -0.05) is 19.9 Å². The Hall–Kier alpha value is -3.09. The number of nitrogens with one attached hydrogen (secondary N) is 2. The minimum Gasteiger partial charge on any atom is -0.497 e. The molecule has 7 nitrogen and oxygen atoms in total. The van der Waals surface area contributed by atoms with E-state index in [1.807, 2.05) is 25.2 Å². The fourth-order valence-electron chi connectivity index (χ4n) is 3.72. The Bertz CT molecular complexity index is 1090. The summed E-state index contributed by atoms with van der Waals surface area (Å²) in [7, 11) is 3.50. The van der Waals surface area contributed by atoms with E-state index in [0.29, 0.717) is 29.1 Å². The van der Waals surface area contributed by atoms with Crippen molar-refractivity contribution in [3.63, 3.8) is 0 Å². The zero-order valence-corrected chi connectivity index (χ0v) is 16.7. The Kier molecular flexibility index (Phi) is 4.66. The van der Waals surface area contributed by atoms with E-state index in [2.05, 4.69) is 40.1 Å². The van der Waals surface area contributed by atoms with Crippen LogP contribution in [0.25, 0.3) is 10.9 Å². The number of anilines is 2. The molecule has 0 amide bonds. The maximum Gasteiger partial charge on any atom is 0.260 e. The number of benzene rings is 1. The molecule has 0 aliphatic carbocycles. The van der Waals surface area contributed by atoms with Gasteiger partial charge in [-0.2, -0.15) is 0 Å². The lowest BCUT2D eigenvalue weighted by Crippen LogP contribution is -2.33. The summed E-state index contributed by atoms with van der Waals surface area (Å²) in [6, 6.07) is 7.81. The summed E-state index contributed by atoms with van der Waals surface area (Å²) < 4.78 is 5.43. The number of hydrogen-bond acceptors (Lipinski definition) is 6. The standard InChI is InChI=1S/C21H25N5O2/c1-12(2)15-9-14(28-4)10-17-19(15)20(27)25-21(24-17)26-8-7-16-13(11-26)5-6-18(22-3)23-16/h5-6,9-10,12H,7-8,11H2,1-4H3,(H,22,23)(H,24,25,27). The third-order valence-electron chi connectivity index (χ3n) is 5.26. The molecule has 0 atom stereocenters. The molecule has 3 aromatic rings. The lowest BCUT2D eigenvalue weighted by molar-refractivity contribution is 0.414. The molecule has 0 saturated heterocycles. The number of ether oxygens (including phenoxy) is 1. The fraction of sp³-hybridized carbons (Fsp3) is 0.381. The van der Waals surface area contributed by atoms with Gasteiger partial charge in [0, 0.05) is 38.3 Å². The normalized spacial score (nSPS) is 13.7. The summed E-state index contributed by atoms with van der Waals surface area (Å²) in [5.41, 5.74) is 3.75. The second-order valence-electron chi connectivity index (χ2n) is 7.38. The van der Waals surface area contributed by atoms with Gasteiger partial charge in [0.25, 0.3) is 5.56 Å². The Morgan fingerprint density at radius 1 is 1.25 bits per heavy atom.